The van der Waals surface area contributed by atoms with E-state index in [-0.39, 0.29) is 22.0 Å². The Balaban J connectivity index is 1.96. The van der Waals surface area contributed by atoms with Crippen molar-refractivity contribution in [3.63, 3.8) is 0 Å². The number of phenols is 1. The number of carbonyl (C=O) groups excluding carboxylic acids is 2. The van der Waals surface area contributed by atoms with Crippen LogP contribution in [0.5, 0.6) is 5.75 Å². The first-order valence-corrected chi connectivity index (χ1v) is 10.9. The Bertz CT molecular complexity index is 614. The second-order valence-electron chi connectivity index (χ2n) is 7.61. The summed E-state index contributed by atoms with van der Waals surface area (Å²) in [6, 6.07) is 7.22. The maximum Gasteiger partial charge on any atom is 0.313 e. The Morgan fingerprint density at radius 2 is 1.77 bits per heavy atom. The van der Waals surface area contributed by atoms with Crippen molar-refractivity contribution < 1.29 is 19.4 Å². The van der Waals surface area contributed by atoms with Gasteiger partial charge in [0.05, 0.1) is 4.08 Å². The van der Waals surface area contributed by atoms with Gasteiger partial charge in [0.1, 0.15) is 23.6 Å². The molecule has 0 atom stereocenters. The van der Waals surface area contributed by atoms with Gasteiger partial charge in [-0.2, -0.15) is 0 Å². The fourth-order valence-corrected chi connectivity index (χ4v) is 6.21. The molecular formula is C20H28O4S2. The number of benzene rings is 1. The van der Waals surface area contributed by atoms with Gasteiger partial charge in [0.2, 0.25) is 0 Å². The average Bonchev–Trinajstić information content (AvgIpc) is 2.53. The van der Waals surface area contributed by atoms with Crippen LogP contribution >= 0.6 is 23.5 Å². The smallest absolute Gasteiger partial charge is 0.313 e. The number of hydrogen-bond donors (Lipinski definition) is 1. The van der Waals surface area contributed by atoms with E-state index in [9.17, 15) is 14.7 Å². The molecule has 1 heterocycles. The van der Waals surface area contributed by atoms with Crippen molar-refractivity contribution >= 4 is 35.3 Å². The molecule has 0 amide bonds. The normalized spacial score (nSPS) is 16.9. The van der Waals surface area contributed by atoms with Crippen molar-refractivity contribution in [3.8, 4) is 5.75 Å². The number of phenolic OH excluding ortho intramolecular Hbond substituents is 1. The molecule has 6 heteroatoms. The molecule has 0 saturated carbocycles. The minimum atomic E-state index is -0.567. The van der Waals surface area contributed by atoms with Crippen LogP contribution < -0.4 is 0 Å². The van der Waals surface area contributed by atoms with Gasteiger partial charge in [-0.05, 0) is 69.2 Å². The minimum absolute atomic E-state index is 0.0492. The van der Waals surface area contributed by atoms with E-state index in [1.807, 2.05) is 35.7 Å². The number of ketones is 1. The first-order valence-electron chi connectivity index (χ1n) is 8.97. The van der Waals surface area contributed by atoms with Gasteiger partial charge in [0, 0.05) is 6.42 Å². The van der Waals surface area contributed by atoms with Gasteiger partial charge < -0.3 is 9.84 Å². The van der Waals surface area contributed by atoms with Crippen LogP contribution in [0.3, 0.4) is 0 Å². The topological polar surface area (TPSA) is 63.6 Å². The number of aryl methyl sites for hydroxylation is 1. The molecule has 0 aromatic heterocycles. The highest BCUT2D eigenvalue weighted by atomic mass is 32.2. The summed E-state index contributed by atoms with van der Waals surface area (Å²) in [4.78, 5) is 24.5. The third-order valence-electron chi connectivity index (χ3n) is 3.98. The number of thioether (sulfide) groups is 2. The molecule has 1 aromatic carbocycles. The van der Waals surface area contributed by atoms with Crippen LogP contribution in [-0.4, -0.2) is 38.0 Å². The molecule has 0 unspecified atom stereocenters. The molecule has 0 aliphatic carbocycles. The second-order valence-corrected chi connectivity index (χ2v) is 10.8. The lowest BCUT2D eigenvalue weighted by Gasteiger charge is -2.36. The van der Waals surface area contributed by atoms with Crippen molar-refractivity contribution in [2.75, 3.05) is 11.5 Å². The van der Waals surface area contributed by atoms with Crippen LogP contribution in [0.1, 0.15) is 52.0 Å². The zero-order valence-electron chi connectivity index (χ0n) is 15.7. The zero-order chi connectivity index (χ0) is 19.2. The van der Waals surface area contributed by atoms with Gasteiger partial charge >= 0.3 is 5.97 Å². The average molecular weight is 397 g/mol. The summed E-state index contributed by atoms with van der Waals surface area (Å²) in [6.45, 7) is 5.42. The van der Waals surface area contributed by atoms with Crippen LogP contribution in [0.15, 0.2) is 24.3 Å². The fourth-order valence-electron chi connectivity index (χ4n) is 2.85. The first kappa shape index (κ1) is 21.2. The lowest BCUT2D eigenvalue weighted by Crippen LogP contribution is -2.31. The maximum atomic E-state index is 12.5. The van der Waals surface area contributed by atoms with E-state index in [0.717, 1.165) is 36.3 Å². The molecule has 1 aromatic rings. The molecule has 1 aliphatic rings. The fraction of sp³-hybridized carbons (Fsp3) is 0.600. The third-order valence-corrected chi connectivity index (χ3v) is 7.42. The number of rotatable bonds is 7. The monoisotopic (exact) mass is 396 g/mol. The number of Topliss-reactive ketones (excluding diaryl/α,β-unsaturated/α-hetero) is 1. The minimum Gasteiger partial charge on any atom is -0.508 e. The Morgan fingerprint density at radius 3 is 2.35 bits per heavy atom. The Hall–Kier alpha value is -1.14. The standard InChI is InChI=1S/C20H28O4S2/c1-19(2,3)24-18(23)13-17(22)14-20(25-11-4-12-26-20)10-9-15-5-7-16(21)8-6-15/h5-8,21H,4,9-14H2,1-3H3. The number of ether oxygens (including phenoxy) is 1. The van der Waals surface area contributed by atoms with Gasteiger partial charge in [-0.1, -0.05) is 12.1 Å². The van der Waals surface area contributed by atoms with Gasteiger partial charge in [-0.15, -0.1) is 23.5 Å². The molecule has 2 rings (SSSR count). The van der Waals surface area contributed by atoms with E-state index in [4.69, 9.17) is 4.74 Å². The highest BCUT2D eigenvalue weighted by molar-refractivity contribution is 8.18. The van der Waals surface area contributed by atoms with Crippen molar-refractivity contribution in [2.45, 2.75) is 62.6 Å². The van der Waals surface area contributed by atoms with Gasteiger partial charge in [-0.25, -0.2) is 0 Å². The highest BCUT2D eigenvalue weighted by Crippen LogP contribution is 2.48. The van der Waals surface area contributed by atoms with Gasteiger partial charge in [0.15, 0.2) is 0 Å². The van der Waals surface area contributed by atoms with E-state index in [1.54, 1.807) is 32.9 Å². The van der Waals surface area contributed by atoms with Crippen molar-refractivity contribution in [1.82, 2.24) is 0 Å². The number of esters is 1. The van der Waals surface area contributed by atoms with Gasteiger partial charge in [-0.3, -0.25) is 9.59 Å². The van der Waals surface area contributed by atoms with Crippen LogP contribution in [-0.2, 0) is 20.7 Å². The van der Waals surface area contributed by atoms with Gasteiger partial charge in [0.25, 0.3) is 0 Å². The molecular weight excluding hydrogens is 368 g/mol. The predicted octanol–water partition coefficient (Wildman–Crippen LogP) is 4.58. The predicted molar refractivity (Wildman–Crippen MR) is 109 cm³/mol. The highest BCUT2D eigenvalue weighted by Gasteiger charge is 2.36. The van der Waals surface area contributed by atoms with Crippen molar-refractivity contribution in [2.24, 2.45) is 0 Å². The summed E-state index contributed by atoms with van der Waals surface area (Å²) in [5.74, 6) is 1.86. The summed E-state index contributed by atoms with van der Waals surface area (Å²) in [6.07, 6.45) is 3.10. The quantitative estimate of drug-likeness (QED) is 0.537. The maximum absolute atomic E-state index is 12.5. The molecule has 26 heavy (non-hydrogen) atoms. The first-order chi connectivity index (χ1) is 12.2. The number of carbonyl (C=O) groups is 2. The Morgan fingerprint density at radius 1 is 1.15 bits per heavy atom. The molecule has 144 valence electrons. The molecule has 4 nitrogen and oxygen atoms in total. The lowest BCUT2D eigenvalue weighted by molar-refractivity contribution is -0.156. The summed E-state index contributed by atoms with van der Waals surface area (Å²) in [5, 5.41) is 9.41. The molecule has 0 spiro atoms. The van der Waals surface area contributed by atoms with E-state index >= 15 is 0 Å². The number of hydrogen-bond acceptors (Lipinski definition) is 6. The van der Waals surface area contributed by atoms with Crippen LogP contribution in [0.4, 0.5) is 0 Å². The third kappa shape index (κ3) is 7.23. The lowest BCUT2D eigenvalue weighted by atomic mass is 10.0. The Kier molecular flexibility index (Phi) is 7.47. The van der Waals surface area contributed by atoms with E-state index in [0.29, 0.717) is 6.42 Å². The van der Waals surface area contributed by atoms with Crippen molar-refractivity contribution in [3.05, 3.63) is 29.8 Å². The van der Waals surface area contributed by atoms with Crippen LogP contribution in [0.2, 0.25) is 0 Å². The molecule has 0 bridgehead atoms. The summed E-state index contributed by atoms with van der Waals surface area (Å²) < 4.78 is 5.10. The SMILES string of the molecule is CC(C)(C)OC(=O)CC(=O)CC1(CCc2ccc(O)cc2)SCCCS1. The molecule has 1 saturated heterocycles. The summed E-state index contributed by atoms with van der Waals surface area (Å²) >= 11 is 3.68. The van der Waals surface area contributed by atoms with E-state index in [1.165, 1.54) is 0 Å². The van der Waals surface area contributed by atoms with Crippen LogP contribution in [0, 0.1) is 0 Å². The molecule has 0 radical (unpaired) electrons. The number of aromatic hydroxyl groups is 1. The molecule has 1 fully saturated rings. The molecule has 1 aliphatic heterocycles. The second kappa shape index (κ2) is 9.18. The van der Waals surface area contributed by atoms with E-state index < -0.39 is 11.6 Å². The van der Waals surface area contributed by atoms with E-state index in [2.05, 4.69) is 0 Å². The summed E-state index contributed by atoms with van der Waals surface area (Å²) in [7, 11) is 0. The Labute approximate surface area is 164 Å². The summed E-state index contributed by atoms with van der Waals surface area (Å²) in [5.41, 5.74) is 0.580. The zero-order valence-corrected chi connectivity index (χ0v) is 17.4. The van der Waals surface area contributed by atoms with Crippen LogP contribution in [0.25, 0.3) is 0 Å². The molecule has 1 N–H and O–H groups in total. The van der Waals surface area contributed by atoms with Crippen molar-refractivity contribution in [1.29, 1.82) is 0 Å². The largest absolute Gasteiger partial charge is 0.508 e.